The van der Waals surface area contributed by atoms with Crippen molar-refractivity contribution in [3.05, 3.63) is 62.9 Å². The molecular formula is C18H15Cl2NS2. The lowest BCUT2D eigenvalue weighted by atomic mass is 10.0. The van der Waals surface area contributed by atoms with E-state index in [1.807, 2.05) is 23.6 Å². The van der Waals surface area contributed by atoms with E-state index in [2.05, 4.69) is 37.0 Å². The van der Waals surface area contributed by atoms with E-state index in [1.165, 1.54) is 10.5 Å². The van der Waals surface area contributed by atoms with E-state index >= 15 is 0 Å². The fourth-order valence-corrected chi connectivity index (χ4v) is 4.61. The molecule has 0 bridgehead atoms. The van der Waals surface area contributed by atoms with Crippen molar-refractivity contribution in [1.29, 1.82) is 0 Å². The van der Waals surface area contributed by atoms with Gasteiger partial charge in [-0.25, -0.2) is 4.98 Å². The van der Waals surface area contributed by atoms with Crippen LogP contribution < -0.4 is 0 Å². The van der Waals surface area contributed by atoms with Crippen molar-refractivity contribution < 1.29 is 0 Å². The number of thiazole rings is 1. The van der Waals surface area contributed by atoms with Crippen LogP contribution in [0.5, 0.6) is 0 Å². The molecule has 2 aromatic carbocycles. The molecule has 3 rings (SSSR count). The Labute approximate surface area is 154 Å². The zero-order valence-electron chi connectivity index (χ0n) is 12.7. The minimum absolute atomic E-state index is 0.460. The molecule has 1 heterocycles. The Balaban J connectivity index is 1.98. The second-order valence-corrected chi connectivity index (χ2v) is 7.97. The van der Waals surface area contributed by atoms with E-state index in [9.17, 15) is 0 Å². The highest BCUT2D eigenvalue weighted by Crippen LogP contribution is 2.43. The van der Waals surface area contributed by atoms with E-state index in [0.29, 0.717) is 16.0 Å². The Morgan fingerprint density at radius 2 is 1.78 bits per heavy atom. The molecule has 0 aliphatic rings. The summed E-state index contributed by atoms with van der Waals surface area (Å²) in [6, 6.07) is 12.4. The molecule has 0 N–H and O–H groups in total. The number of rotatable bonds is 4. The molecule has 118 valence electrons. The molecule has 1 aromatic heterocycles. The number of nitrogens with zero attached hydrogens (tertiary/aromatic N) is 1. The Morgan fingerprint density at radius 1 is 1.00 bits per heavy atom. The number of aromatic nitrogens is 1. The molecule has 0 aliphatic carbocycles. The molecule has 0 aliphatic heterocycles. The van der Waals surface area contributed by atoms with Crippen molar-refractivity contribution in [3.8, 4) is 11.3 Å². The summed E-state index contributed by atoms with van der Waals surface area (Å²) >= 11 is 16.2. The number of hydrogen-bond acceptors (Lipinski definition) is 3. The zero-order chi connectivity index (χ0) is 16.4. The summed E-state index contributed by atoms with van der Waals surface area (Å²) in [6.07, 6.45) is 0. The van der Waals surface area contributed by atoms with Crippen LogP contribution in [-0.2, 0) is 0 Å². The number of halogens is 2. The molecule has 0 spiro atoms. The van der Waals surface area contributed by atoms with E-state index in [4.69, 9.17) is 23.2 Å². The van der Waals surface area contributed by atoms with Crippen LogP contribution in [0.1, 0.15) is 25.3 Å². The summed E-state index contributed by atoms with van der Waals surface area (Å²) in [7, 11) is 0. The summed E-state index contributed by atoms with van der Waals surface area (Å²) < 4.78 is 0. The summed E-state index contributed by atoms with van der Waals surface area (Å²) in [5.41, 5.74) is 4.84. The first-order chi connectivity index (χ1) is 11.1. The van der Waals surface area contributed by atoms with Gasteiger partial charge in [0.2, 0.25) is 0 Å². The predicted molar refractivity (Wildman–Crippen MR) is 102 cm³/mol. The number of hydrogen-bond donors (Lipinski definition) is 0. The topological polar surface area (TPSA) is 12.9 Å². The molecule has 5 heteroatoms. The van der Waals surface area contributed by atoms with Crippen molar-refractivity contribution in [2.75, 3.05) is 0 Å². The van der Waals surface area contributed by atoms with Gasteiger partial charge in [0.15, 0.2) is 0 Å². The van der Waals surface area contributed by atoms with Crippen molar-refractivity contribution in [1.82, 2.24) is 4.98 Å². The summed E-state index contributed by atoms with van der Waals surface area (Å²) in [5, 5.41) is 3.11. The highest BCUT2D eigenvalue weighted by molar-refractivity contribution is 7.99. The fourth-order valence-electron chi connectivity index (χ4n) is 2.32. The molecule has 0 amide bonds. The van der Waals surface area contributed by atoms with Gasteiger partial charge in [0, 0.05) is 20.7 Å². The lowest BCUT2D eigenvalue weighted by molar-refractivity contribution is 0.842. The van der Waals surface area contributed by atoms with E-state index < -0.39 is 0 Å². The van der Waals surface area contributed by atoms with Gasteiger partial charge in [-0.3, -0.25) is 0 Å². The van der Waals surface area contributed by atoms with Gasteiger partial charge in [-0.15, -0.1) is 11.3 Å². The van der Waals surface area contributed by atoms with Crippen LogP contribution in [0.4, 0.5) is 0 Å². The predicted octanol–water partition coefficient (Wildman–Crippen LogP) is 7.39. The molecule has 3 aromatic rings. The van der Waals surface area contributed by atoms with Gasteiger partial charge in [0.1, 0.15) is 0 Å². The average Bonchev–Trinajstić information content (AvgIpc) is 3.06. The minimum Gasteiger partial charge on any atom is -0.245 e. The van der Waals surface area contributed by atoms with Gasteiger partial charge >= 0.3 is 0 Å². The number of benzene rings is 2. The largest absolute Gasteiger partial charge is 0.245 e. The molecule has 0 fully saturated rings. The van der Waals surface area contributed by atoms with Gasteiger partial charge in [-0.1, -0.05) is 73.1 Å². The molecule has 0 unspecified atom stereocenters. The summed E-state index contributed by atoms with van der Waals surface area (Å²) in [5.74, 6) is 0.460. The van der Waals surface area contributed by atoms with Crippen LogP contribution in [0.15, 0.2) is 57.1 Å². The monoisotopic (exact) mass is 379 g/mol. The molecule has 0 saturated heterocycles. The van der Waals surface area contributed by atoms with Crippen molar-refractivity contribution >= 4 is 46.3 Å². The third-order valence-corrected chi connectivity index (χ3v) is 6.25. The first kappa shape index (κ1) is 16.8. The van der Waals surface area contributed by atoms with Gasteiger partial charge in [0.25, 0.3) is 0 Å². The minimum atomic E-state index is 0.460. The van der Waals surface area contributed by atoms with E-state index in [-0.39, 0.29) is 0 Å². The van der Waals surface area contributed by atoms with Crippen LogP contribution in [-0.4, -0.2) is 4.98 Å². The fraction of sp³-hybridized carbons (Fsp3) is 0.167. The second-order valence-electron chi connectivity index (χ2n) is 5.41. The molecule has 1 nitrogen and oxygen atoms in total. The SMILES string of the molecule is CC(C)c1ccccc1Sc1ccc(-c2cscn2)c(Cl)c1Cl. The maximum Gasteiger partial charge on any atom is 0.0826 e. The molecule has 0 atom stereocenters. The Hall–Kier alpha value is -1.00. The van der Waals surface area contributed by atoms with Gasteiger partial charge < -0.3 is 0 Å². The van der Waals surface area contributed by atoms with Crippen LogP contribution in [0.3, 0.4) is 0 Å². The van der Waals surface area contributed by atoms with Crippen LogP contribution >= 0.6 is 46.3 Å². The average molecular weight is 380 g/mol. The molecule has 23 heavy (non-hydrogen) atoms. The first-order valence-electron chi connectivity index (χ1n) is 7.21. The van der Waals surface area contributed by atoms with Gasteiger partial charge in [-0.2, -0.15) is 0 Å². The summed E-state index contributed by atoms with van der Waals surface area (Å²) in [6.45, 7) is 4.39. The molecule has 0 saturated carbocycles. The maximum absolute atomic E-state index is 6.52. The van der Waals surface area contributed by atoms with Crippen molar-refractivity contribution in [2.45, 2.75) is 29.6 Å². The lowest BCUT2D eigenvalue weighted by Gasteiger charge is -2.14. The van der Waals surface area contributed by atoms with E-state index in [1.54, 1.807) is 28.6 Å². The smallest absolute Gasteiger partial charge is 0.0826 e. The molecular weight excluding hydrogens is 365 g/mol. The summed E-state index contributed by atoms with van der Waals surface area (Å²) in [4.78, 5) is 6.48. The first-order valence-corrected chi connectivity index (χ1v) is 9.72. The van der Waals surface area contributed by atoms with Gasteiger partial charge in [-0.05, 0) is 23.6 Å². The second kappa shape index (κ2) is 7.27. The lowest BCUT2D eigenvalue weighted by Crippen LogP contribution is -1.91. The van der Waals surface area contributed by atoms with Crippen LogP contribution in [0.2, 0.25) is 10.0 Å². The Bertz CT molecular complexity index is 814. The van der Waals surface area contributed by atoms with Crippen LogP contribution in [0.25, 0.3) is 11.3 Å². The van der Waals surface area contributed by atoms with Crippen LogP contribution in [0, 0.1) is 0 Å². The van der Waals surface area contributed by atoms with Crippen molar-refractivity contribution in [3.63, 3.8) is 0 Å². The van der Waals surface area contributed by atoms with Crippen molar-refractivity contribution in [2.24, 2.45) is 0 Å². The normalized spacial score (nSPS) is 11.2. The van der Waals surface area contributed by atoms with Gasteiger partial charge in [0.05, 0.1) is 21.2 Å². The zero-order valence-corrected chi connectivity index (χ0v) is 15.9. The quantitative estimate of drug-likeness (QED) is 0.468. The highest BCUT2D eigenvalue weighted by atomic mass is 35.5. The Morgan fingerprint density at radius 3 is 2.48 bits per heavy atom. The molecule has 0 radical (unpaired) electrons. The standard InChI is InChI=1S/C18H15Cl2NS2/c1-11(2)12-5-3-4-6-15(12)23-16-8-7-13(17(19)18(16)20)14-9-22-10-21-14/h3-11H,1-2H3. The third kappa shape index (κ3) is 3.58. The maximum atomic E-state index is 6.52. The Kier molecular flexibility index (Phi) is 5.32. The highest BCUT2D eigenvalue weighted by Gasteiger charge is 2.15. The van der Waals surface area contributed by atoms with E-state index in [0.717, 1.165) is 16.2 Å². The third-order valence-electron chi connectivity index (χ3n) is 3.52.